The summed E-state index contributed by atoms with van der Waals surface area (Å²) >= 11 is 0. The van der Waals surface area contributed by atoms with Crippen LogP contribution in [0.25, 0.3) is 0 Å². The third-order valence-corrected chi connectivity index (χ3v) is 6.82. The molecule has 0 spiro atoms. The summed E-state index contributed by atoms with van der Waals surface area (Å²) in [7, 11) is 0. The molecule has 0 bridgehead atoms. The highest BCUT2D eigenvalue weighted by Crippen LogP contribution is 2.32. The van der Waals surface area contributed by atoms with E-state index in [9.17, 15) is 0 Å². The Labute approximate surface area is 171 Å². The molecule has 1 aliphatic carbocycles. The van der Waals surface area contributed by atoms with Gasteiger partial charge in [0.2, 0.25) is 0 Å². The van der Waals surface area contributed by atoms with Crippen molar-refractivity contribution in [1.82, 2.24) is 19.8 Å². The molecule has 2 aliphatic rings. The maximum Gasteiger partial charge on any atom is 0.100 e. The molecule has 2 heterocycles. The minimum absolute atomic E-state index is 0.218. The third kappa shape index (κ3) is 5.25. The molecule has 5 heteroatoms. The number of aryl methyl sites for hydroxylation is 1. The average Bonchev–Trinajstić information content (AvgIpc) is 3.25. The molecule has 2 fully saturated rings. The molecule has 2 atom stereocenters. The quantitative estimate of drug-likeness (QED) is 0.474. The number of imidazole rings is 1. The first-order chi connectivity index (χ1) is 13.7. The molecule has 0 aromatic carbocycles. The first-order valence-electron chi connectivity index (χ1n) is 11.4. The molecule has 5 nitrogen and oxygen atoms in total. The van der Waals surface area contributed by atoms with E-state index >= 15 is 0 Å². The summed E-state index contributed by atoms with van der Waals surface area (Å²) in [6.07, 6.45) is 15.1. The van der Waals surface area contributed by atoms with E-state index in [0.717, 1.165) is 32.5 Å². The van der Waals surface area contributed by atoms with Gasteiger partial charge in [0, 0.05) is 31.2 Å². The molecule has 1 aliphatic heterocycles. The molecule has 158 valence electrons. The highest BCUT2D eigenvalue weighted by molar-refractivity contribution is 5.08. The Morgan fingerprint density at radius 2 is 2.18 bits per heavy atom. The molecule has 1 aromatic heterocycles. The van der Waals surface area contributed by atoms with Gasteiger partial charge in [-0.05, 0) is 44.9 Å². The zero-order chi connectivity index (χ0) is 19.8. The maximum absolute atomic E-state index is 6.16. The molecule has 1 N–H and O–H groups in total. The minimum Gasteiger partial charge on any atom is -0.360 e. The predicted molar refractivity (Wildman–Crippen MR) is 115 cm³/mol. The van der Waals surface area contributed by atoms with Crippen molar-refractivity contribution in [3.63, 3.8) is 0 Å². The first kappa shape index (κ1) is 21.5. The lowest BCUT2D eigenvalue weighted by Crippen LogP contribution is -2.53. The van der Waals surface area contributed by atoms with Crippen LogP contribution < -0.4 is 5.32 Å². The van der Waals surface area contributed by atoms with Gasteiger partial charge in [-0.2, -0.15) is 0 Å². The molecule has 0 amide bonds. The lowest BCUT2D eigenvalue weighted by atomic mass is 9.91. The number of hydrogen-bond acceptors (Lipinski definition) is 4. The smallest absolute Gasteiger partial charge is 0.100 e. The summed E-state index contributed by atoms with van der Waals surface area (Å²) in [5, 5.41) is 3.89. The summed E-state index contributed by atoms with van der Waals surface area (Å²) < 4.78 is 8.36. The van der Waals surface area contributed by atoms with Gasteiger partial charge in [0.1, 0.15) is 6.73 Å². The molecule has 3 rings (SSSR count). The van der Waals surface area contributed by atoms with Gasteiger partial charge in [0.05, 0.1) is 24.8 Å². The van der Waals surface area contributed by atoms with Gasteiger partial charge in [-0.3, -0.25) is 4.90 Å². The number of aromatic nitrogens is 2. The van der Waals surface area contributed by atoms with Crippen molar-refractivity contribution < 1.29 is 4.74 Å². The fraction of sp³-hybridized carbons (Fsp3) is 0.783. The summed E-state index contributed by atoms with van der Waals surface area (Å²) in [4.78, 5) is 6.85. The van der Waals surface area contributed by atoms with E-state index in [1.54, 1.807) is 0 Å². The van der Waals surface area contributed by atoms with E-state index in [1.165, 1.54) is 56.2 Å². The number of rotatable bonds is 10. The van der Waals surface area contributed by atoms with Crippen LogP contribution in [0, 0.1) is 0 Å². The minimum atomic E-state index is 0.218. The van der Waals surface area contributed by atoms with E-state index in [0.29, 0.717) is 19.4 Å². The van der Waals surface area contributed by atoms with Crippen molar-refractivity contribution in [1.29, 1.82) is 0 Å². The van der Waals surface area contributed by atoms with Crippen LogP contribution in [0.2, 0.25) is 0 Å². The van der Waals surface area contributed by atoms with Crippen molar-refractivity contribution in [2.45, 2.75) is 96.4 Å². The molecule has 0 radical (unpaired) electrons. The van der Waals surface area contributed by atoms with Gasteiger partial charge in [-0.1, -0.05) is 38.8 Å². The lowest BCUT2D eigenvalue weighted by molar-refractivity contribution is -0.0254. The summed E-state index contributed by atoms with van der Waals surface area (Å²) in [5.41, 5.74) is 2.81. The Balaban J connectivity index is 1.53. The number of ether oxygens (including phenoxy) is 1. The lowest BCUT2D eigenvalue weighted by Gasteiger charge is -2.39. The van der Waals surface area contributed by atoms with Crippen LogP contribution in [0.4, 0.5) is 0 Å². The van der Waals surface area contributed by atoms with Gasteiger partial charge in [0.25, 0.3) is 0 Å². The Morgan fingerprint density at radius 1 is 1.29 bits per heavy atom. The summed E-state index contributed by atoms with van der Waals surface area (Å²) in [6, 6.07) is 0.498. The molecule has 1 saturated carbocycles. The van der Waals surface area contributed by atoms with Crippen molar-refractivity contribution >= 4 is 0 Å². The zero-order valence-corrected chi connectivity index (χ0v) is 18.1. The Morgan fingerprint density at radius 3 is 3.00 bits per heavy atom. The molecule has 1 saturated heterocycles. The fourth-order valence-electron chi connectivity index (χ4n) is 4.91. The van der Waals surface area contributed by atoms with Crippen LogP contribution >= 0.6 is 0 Å². The van der Waals surface area contributed by atoms with Crippen molar-refractivity contribution in [3.8, 4) is 0 Å². The monoisotopic (exact) mass is 388 g/mol. The normalized spacial score (nSPS) is 26.6. The highest BCUT2D eigenvalue weighted by atomic mass is 16.5. The second-order valence-electron chi connectivity index (χ2n) is 8.69. The number of nitrogens with one attached hydrogen (secondary N) is 1. The third-order valence-electron chi connectivity index (χ3n) is 6.82. The summed E-state index contributed by atoms with van der Waals surface area (Å²) in [5.74, 6) is 0. The molecule has 28 heavy (non-hydrogen) atoms. The number of nitrogens with zero attached hydrogens (tertiary/aromatic N) is 3. The van der Waals surface area contributed by atoms with Gasteiger partial charge in [0.15, 0.2) is 0 Å². The SMILES string of the molecule is C=C1CCCCCC1NCC1(CC)CCCN1COCc1cncn1CCC. The largest absolute Gasteiger partial charge is 0.360 e. The number of hydrogen-bond donors (Lipinski definition) is 1. The van der Waals surface area contributed by atoms with Crippen molar-refractivity contribution in [3.05, 3.63) is 30.4 Å². The Kier molecular flexibility index (Phi) is 8.12. The van der Waals surface area contributed by atoms with Crippen LogP contribution in [-0.4, -0.2) is 45.9 Å². The molecule has 2 unspecified atom stereocenters. The van der Waals surface area contributed by atoms with Crippen LogP contribution in [0.5, 0.6) is 0 Å². The molecule has 1 aromatic rings. The van der Waals surface area contributed by atoms with E-state index in [2.05, 4.69) is 40.2 Å². The van der Waals surface area contributed by atoms with Crippen molar-refractivity contribution in [2.75, 3.05) is 19.8 Å². The highest BCUT2D eigenvalue weighted by Gasteiger charge is 2.39. The van der Waals surface area contributed by atoms with Gasteiger partial charge < -0.3 is 14.6 Å². The standard InChI is InChI=1S/C23H40N4O/c1-4-13-26-18-24-15-21(26)16-28-19-27-14-9-12-23(27,5-2)17-25-22-11-8-6-7-10-20(22)3/h15,18,22,25H,3-14,16-17,19H2,1-2H3. The van der Waals surface area contributed by atoms with Gasteiger partial charge >= 0.3 is 0 Å². The van der Waals surface area contributed by atoms with Crippen LogP contribution in [-0.2, 0) is 17.9 Å². The van der Waals surface area contributed by atoms with Crippen LogP contribution in [0.1, 0.15) is 77.3 Å². The van der Waals surface area contributed by atoms with Crippen molar-refractivity contribution in [2.24, 2.45) is 0 Å². The zero-order valence-electron chi connectivity index (χ0n) is 18.1. The fourth-order valence-corrected chi connectivity index (χ4v) is 4.91. The predicted octanol–water partition coefficient (Wildman–Crippen LogP) is 4.49. The maximum atomic E-state index is 6.16. The first-order valence-corrected chi connectivity index (χ1v) is 11.4. The Bertz CT molecular complexity index is 613. The number of likely N-dealkylation sites (tertiary alicyclic amines) is 1. The Hall–Kier alpha value is -1.17. The van der Waals surface area contributed by atoms with E-state index < -0.39 is 0 Å². The van der Waals surface area contributed by atoms with Crippen LogP contribution in [0.3, 0.4) is 0 Å². The van der Waals surface area contributed by atoms with Gasteiger partial charge in [-0.15, -0.1) is 0 Å². The molecular weight excluding hydrogens is 348 g/mol. The van der Waals surface area contributed by atoms with E-state index in [4.69, 9.17) is 4.74 Å². The molecular formula is C23H40N4O. The van der Waals surface area contributed by atoms with Gasteiger partial charge in [-0.25, -0.2) is 4.98 Å². The van der Waals surface area contributed by atoms with E-state index in [-0.39, 0.29) is 5.54 Å². The second-order valence-corrected chi connectivity index (χ2v) is 8.69. The van der Waals surface area contributed by atoms with Crippen LogP contribution in [0.15, 0.2) is 24.7 Å². The second kappa shape index (κ2) is 10.6. The average molecular weight is 389 g/mol. The topological polar surface area (TPSA) is 42.3 Å². The van der Waals surface area contributed by atoms with E-state index in [1.807, 2.05) is 12.5 Å². The summed E-state index contributed by atoms with van der Waals surface area (Å²) in [6.45, 7) is 13.4.